The van der Waals surface area contributed by atoms with Crippen molar-refractivity contribution >= 4 is 17.4 Å². The third kappa shape index (κ3) is 2.29. The minimum absolute atomic E-state index is 0.657. The number of anilines is 1. The number of nitrogens with one attached hydrogen (secondary N) is 1. The Kier molecular flexibility index (Phi) is 3.64. The van der Waals surface area contributed by atoms with Crippen LogP contribution in [-0.4, -0.2) is 18.4 Å². The van der Waals surface area contributed by atoms with Crippen LogP contribution in [-0.2, 0) is 0 Å². The van der Waals surface area contributed by atoms with E-state index in [1.54, 1.807) is 0 Å². The third-order valence-electron chi connectivity index (χ3n) is 2.79. The van der Waals surface area contributed by atoms with E-state index in [-0.39, 0.29) is 0 Å². The molecule has 0 aromatic heterocycles. The highest BCUT2D eigenvalue weighted by Crippen LogP contribution is 2.42. The van der Waals surface area contributed by atoms with Crippen LogP contribution in [0.15, 0.2) is 23.1 Å². The molecule has 1 atom stereocenters. The van der Waals surface area contributed by atoms with Crippen molar-refractivity contribution in [3.05, 3.63) is 18.2 Å². The number of rotatable bonds is 3. The number of hydrogen-bond donors (Lipinski definition) is 1. The third-order valence-corrected chi connectivity index (χ3v) is 4.40. The fraction of sp³-hybridized carbons (Fsp3) is 0.538. The van der Waals surface area contributed by atoms with Crippen molar-refractivity contribution in [2.75, 3.05) is 18.5 Å². The predicted octanol–water partition coefficient (Wildman–Crippen LogP) is 3.63. The van der Waals surface area contributed by atoms with E-state index in [1.165, 1.54) is 10.6 Å². The van der Waals surface area contributed by atoms with Crippen molar-refractivity contribution in [2.45, 2.75) is 30.9 Å². The molecule has 0 aliphatic carbocycles. The normalized spacial score (nSPS) is 19.1. The highest BCUT2D eigenvalue weighted by Gasteiger charge is 2.23. The lowest BCUT2D eigenvalue weighted by atomic mass is 10.1. The first-order valence-corrected chi connectivity index (χ1v) is 6.76. The molecule has 1 aromatic rings. The fourth-order valence-corrected chi connectivity index (χ4v) is 3.05. The van der Waals surface area contributed by atoms with Crippen LogP contribution < -0.4 is 10.1 Å². The van der Waals surface area contributed by atoms with Gasteiger partial charge in [0.2, 0.25) is 0 Å². The number of ether oxygens (including phenoxy) is 1. The summed E-state index contributed by atoms with van der Waals surface area (Å²) >= 11 is 1.96. The Balaban J connectivity index is 2.23. The average molecular weight is 237 g/mol. The first-order chi connectivity index (χ1) is 7.72. The number of benzene rings is 1. The van der Waals surface area contributed by atoms with E-state index < -0.39 is 0 Å². The average Bonchev–Trinajstić information content (AvgIpc) is 2.29. The highest BCUT2D eigenvalue weighted by molar-refractivity contribution is 8.00. The van der Waals surface area contributed by atoms with Gasteiger partial charge in [0.1, 0.15) is 5.75 Å². The molecule has 1 N–H and O–H groups in total. The maximum atomic E-state index is 5.62. The second kappa shape index (κ2) is 5.00. The van der Waals surface area contributed by atoms with Gasteiger partial charge in [-0.25, -0.2) is 0 Å². The molecule has 1 aromatic carbocycles. The molecule has 16 heavy (non-hydrogen) atoms. The molecular formula is C13H19NOS. The van der Waals surface area contributed by atoms with Crippen molar-refractivity contribution in [3.8, 4) is 5.75 Å². The van der Waals surface area contributed by atoms with Crippen molar-refractivity contribution in [2.24, 2.45) is 5.92 Å². The second-order valence-corrected chi connectivity index (χ2v) is 5.62. The quantitative estimate of drug-likeness (QED) is 0.867. The van der Waals surface area contributed by atoms with E-state index in [9.17, 15) is 0 Å². The standard InChI is InChI=1S/C13H19NOS/c1-4-15-10-6-5-7-11-13(10)14-8-12(16-11)9(2)3/h5-7,9,12,14H,4,8H2,1-3H3. The molecule has 0 radical (unpaired) electrons. The fourth-order valence-electron chi connectivity index (χ4n) is 1.84. The summed E-state index contributed by atoms with van der Waals surface area (Å²) in [5, 5.41) is 4.16. The van der Waals surface area contributed by atoms with E-state index in [1.807, 2.05) is 24.8 Å². The van der Waals surface area contributed by atoms with Crippen LogP contribution in [0.3, 0.4) is 0 Å². The molecule has 1 aliphatic rings. The van der Waals surface area contributed by atoms with Gasteiger partial charge in [0.15, 0.2) is 0 Å². The van der Waals surface area contributed by atoms with Crippen LogP contribution in [0, 0.1) is 5.92 Å². The summed E-state index contributed by atoms with van der Waals surface area (Å²) in [6.07, 6.45) is 0. The molecule has 0 saturated heterocycles. The van der Waals surface area contributed by atoms with Crippen molar-refractivity contribution < 1.29 is 4.74 Å². The van der Waals surface area contributed by atoms with Crippen LogP contribution in [0.4, 0.5) is 5.69 Å². The Hall–Kier alpha value is -0.830. The molecule has 0 amide bonds. The molecule has 1 aliphatic heterocycles. The van der Waals surface area contributed by atoms with E-state index >= 15 is 0 Å². The Morgan fingerprint density at radius 2 is 2.31 bits per heavy atom. The molecule has 1 heterocycles. The molecule has 2 nitrogen and oxygen atoms in total. The lowest BCUT2D eigenvalue weighted by Crippen LogP contribution is -2.26. The zero-order valence-corrected chi connectivity index (χ0v) is 10.9. The summed E-state index contributed by atoms with van der Waals surface area (Å²) < 4.78 is 5.62. The minimum atomic E-state index is 0.657. The number of thioether (sulfide) groups is 1. The Morgan fingerprint density at radius 3 is 3.00 bits per heavy atom. The van der Waals surface area contributed by atoms with Crippen LogP contribution in [0.1, 0.15) is 20.8 Å². The SMILES string of the molecule is CCOc1cccc2c1NCC(C(C)C)S2. The van der Waals surface area contributed by atoms with Crippen LogP contribution in [0.25, 0.3) is 0 Å². The second-order valence-electron chi connectivity index (χ2n) is 4.34. The molecule has 1 unspecified atom stereocenters. The smallest absolute Gasteiger partial charge is 0.143 e. The summed E-state index contributed by atoms with van der Waals surface area (Å²) in [5.74, 6) is 1.68. The highest BCUT2D eigenvalue weighted by atomic mass is 32.2. The number of hydrogen-bond acceptors (Lipinski definition) is 3. The van der Waals surface area contributed by atoms with Gasteiger partial charge in [0.25, 0.3) is 0 Å². The number of fused-ring (bicyclic) bond motifs is 1. The minimum Gasteiger partial charge on any atom is -0.492 e. The lowest BCUT2D eigenvalue weighted by molar-refractivity contribution is 0.341. The predicted molar refractivity (Wildman–Crippen MR) is 70.6 cm³/mol. The van der Waals surface area contributed by atoms with Gasteiger partial charge in [-0.2, -0.15) is 0 Å². The largest absolute Gasteiger partial charge is 0.492 e. The summed E-state index contributed by atoms with van der Waals surface area (Å²) in [6.45, 7) is 8.32. The van der Waals surface area contributed by atoms with E-state index in [4.69, 9.17) is 4.74 Å². The molecule has 2 rings (SSSR count). The van der Waals surface area contributed by atoms with Crippen molar-refractivity contribution in [3.63, 3.8) is 0 Å². The van der Waals surface area contributed by atoms with Gasteiger partial charge in [0, 0.05) is 16.7 Å². The van der Waals surface area contributed by atoms with Crippen LogP contribution in [0.5, 0.6) is 5.75 Å². The van der Waals surface area contributed by atoms with Gasteiger partial charge in [-0.1, -0.05) is 19.9 Å². The summed E-state index contributed by atoms with van der Waals surface area (Å²) in [6, 6.07) is 6.27. The Morgan fingerprint density at radius 1 is 1.50 bits per heavy atom. The molecule has 88 valence electrons. The summed E-state index contributed by atoms with van der Waals surface area (Å²) in [4.78, 5) is 1.32. The molecule has 3 heteroatoms. The van der Waals surface area contributed by atoms with E-state index in [2.05, 4.69) is 31.3 Å². The zero-order chi connectivity index (χ0) is 11.5. The monoisotopic (exact) mass is 237 g/mol. The zero-order valence-electron chi connectivity index (χ0n) is 10.1. The van der Waals surface area contributed by atoms with E-state index in [0.29, 0.717) is 11.2 Å². The van der Waals surface area contributed by atoms with Crippen LogP contribution >= 0.6 is 11.8 Å². The topological polar surface area (TPSA) is 21.3 Å². The van der Waals surface area contributed by atoms with Gasteiger partial charge >= 0.3 is 0 Å². The molecule has 0 spiro atoms. The molecule has 0 bridgehead atoms. The first kappa shape index (κ1) is 11.6. The van der Waals surface area contributed by atoms with E-state index in [0.717, 1.165) is 18.9 Å². The molecule has 0 saturated carbocycles. The maximum Gasteiger partial charge on any atom is 0.143 e. The summed E-state index contributed by atoms with van der Waals surface area (Å²) in [7, 11) is 0. The first-order valence-electron chi connectivity index (χ1n) is 5.88. The number of para-hydroxylation sites is 1. The van der Waals surface area contributed by atoms with Gasteiger partial charge in [-0.15, -0.1) is 11.8 Å². The molecular weight excluding hydrogens is 218 g/mol. The van der Waals surface area contributed by atoms with Gasteiger partial charge < -0.3 is 10.1 Å². The maximum absolute atomic E-state index is 5.62. The van der Waals surface area contributed by atoms with Gasteiger partial charge in [-0.3, -0.25) is 0 Å². The van der Waals surface area contributed by atoms with Gasteiger partial charge in [-0.05, 0) is 25.0 Å². The van der Waals surface area contributed by atoms with Crippen molar-refractivity contribution in [1.29, 1.82) is 0 Å². The Bertz CT molecular complexity index is 365. The lowest BCUT2D eigenvalue weighted by Gasteiger charge is -2.29. The van der Waals surface area contributed by atoms with Crippen LogP contribution in [0.2, 0.25) is 0 Å². The summed E-state index contributed by atoms with van der Waals surface area (Å²) in [5.41, 5.74) is 1.17. The van der Waals surface area contributed by atoms with Gasteiger partial charge in [0.05, 0.1) is 12.3 Å². The van der Waals surface area contributed by atoms with Crippen molar-refractivity contribution in [1.82, 2.24) is 0 Å². The molecule has 0 fully saturated rings. The Labute approximate surface area is 102 Å².